The van der Waals surface area contributed by atoms with Gasteiger partial charge in [-0.25, -0.2) is 9.97 Å². The van der Waals surface area contributed by atoms with Gasteiger partial charge in [-0.05, 0) is 42.0 Å². The second-order valence-electron chi connectivity index (χ2n) is 9.14. The fourth-order valence-electron chi connectivity index (χ4n) is 4.52. The minimum atomic E-state index is -0.475. The van der Waals surface area contributed by atoms with Gasteiger partial charge in [0.05, 0.1) is 35.5 Å². The quantitative estimate of drug-likeness (QED) is 0.263. The van der Waals surface area contributed by atoms with E-state index in [1.165, 1.54) is 6.07 Å². The molecule has 0 saturated heterocycles. The summed E-state index contributed by atoms with van der Waals surface area (Å²) in [4.78, 5) is 42.5. The first-order valence-corrected chi connectivity index (χ1v) is 12.8. The molecule has 40 heavy (non-hydrogen) atoms. The van der Waals surface area contributed by atoms with Gasteiger partial charge in [0.25, 0.3) is 5.56 Å². The summed E-state index contributed by atoms with van der Waals surface area (Å²) >= 11 is 6.60. The molecule has 6 rings (SSSR count). The van der Waals surface area contributed by atoms with Gasteiger partial charge in [0.2, 0.25) is 5.91 Å². The molecule has 196 valence electrons. The minimum absolute atomic E-state index is 0.0828. The van der Waals surface area contributed by atoms with E-state index in [0.29, 0.717) is 38.8 Å². The van der Waals surface area contributed by atoms with Crippen molar-refractivity contribution in [1.29, 1.82) is 0 Å². The lowest BCUT2D eigenvalue weighted by molar-refractivity contribution is -0.115. The minimum Gasteiger partial charge on any atom is -0.497 e. The zero-order valence-corrected chi connectivity index (χ0v) is 22.1. The third kappa shape index (κ3) is 5.00. The topological polar surface area (TPSA) is 110 Å². The van der Waals surface area contributed by atoms with Gasteiger partial charge >= 0.3 is 0 Å². The van der Waals surface area contributed by atoms with E-state index in [0.717, 1.165) is 22.1 Å². The predicted molar refractivity (Wildman–Crippen MR) is 157 cm³/mol. The summed E-state index contributed by atoms with van der Waals surface area (Å²) in [6.45, 7) is 0. The Balaban J connectivity index is 1.43. The van der Waals surface area contributed by atoms with Crippen LogP contribution in [0.1, 0.15) is 5.56 Å². The first kappa shape index (κ1) is 25.2. The van der Waals surface area contributed by atoms with E-state index in [9.17, 15) is 9.59 Å². The summed E-state index contributed by atoms with van der Waals surface area (Å²) in [5.74, 6) is 0.362. The molecule has 0 bridgehead atoms. The zero-order chi connectivity index (χ0) is 27.6. The van der Waals surface area contributed by atoms with Crippen LogP contribution >= 0.6 is 11.6 Å². The van der Waals surface area contributed by atoms with Gasteiger partial charge in [-0.15, -0.1) is 0 Å². The number of carbonyl (C=O) groups excluding carboxylic acids is 1. The van der Waals surface area contributed by atoms with Crippen LogP contribution in [0.3, 0.4) is 0 Å². The fraction of sp³-hybridized carbons (Fsp3) is 0.0645. The molecule has 0 aliphatic heterocycles. The number of aromatic nitrogens is 4. The summed E-state index contributed by atoms with van der Waals surface area (Å²) in [6, 6.07) is 25.8. The number of methoxy groups -OCH3 is 1. The molecule has 0 aliphatic carbocycles. The van der Waals surface area contributed by atoms with Gasteiger partial charge < -0.3 is 15.0 Å². The van der Waals surface area contributed by atoms with E-state index >= 15 is 0 Å². The molecule has 6 aromatic rings. The van der Waals surface area contributed by atoms with E-state index in [2.05, 4.69) is 15.3 Å². The molecule has 0 radical (unpaired) electrons. The number of aromatic amines is 1. The van der Waals surface area contributed by atoms with Crippen molar-refractivity contribution in [2.75, 3.05) is 12.4 Å². The molecule has 0 spiro atoms. The number of amides is 1. The van der Waals surface area contributed by atoms with E-state index in [1.807, 2.05) is 54.6 Å². The molecule has 2 N–H and O–H groups in total. The van der Waals surface area contributed by atoms with Crippen molar-refractivity contribution in [3.05, 3.63) is 112 Å². The van der Waals surface area contributed by atoms with E-state index in [-0.39, 0.29) is 18.0 Å². The number of fused-ring (bicyclic) bond motifs is 2. The van der Waals surface area contributed by atoms with Gasteiger partial charge in [-0.2, -0.15) is 0 Å². The number of rotatable bonds is 6. The number of hydrogen-bond acceptors (Lipinski definition) is 6. The smallest absolute Gasteiger partial charge is 0.273 e. The largest absolute Gasteiger partial charge is 0.497 e. The van der Waals surface area contributed by atoms with Crippen LogP contribution in [-0.4, -0.2) is 33.0 Å². The Bertz CT molecular complexity index is 1940. The van der Waals surface area contributed by atoms with Crippen LogP contribution < -0.4 is 15.6 Å². The lowest BCUT2D eigenvalue weighted by Gasteiger charge is -2.13. The van der Waals surface area contributed by atoms with E-state index < -0.39 is 5.56 Å². The number of pyridine rings is 2. The number of ether oxygens (including phenoxy) is 1. The lowest BCUT2D eigenvalue weighted by atomic mass is 10.0. The number of benzene rings is 3. The first-order chi connectivity index (χ1) is 19.5. The van der Waals surface area contributed by atoms with Crippen LogP contribution in [0.15, 0.2) is 95.9 Å². The van der Waals surface area contributed by atoms with Crippen LogP contribution in [-0.2, 0) is 11.2 Å². The van der Waals surface area contributed by atoms with E-state index in [4.69, 9.17) is 26.3 Å². The monoisotopic (exact) mass is 547 g/mol. The molecular formula is C31H22ClN5O3. The van der Waals surface area contributed by atoms with Gasteiger partial charge in [-0.1, -0.05) is 60.1 Å². The number of carbonyl (C=O) groups is 1. The average molecular weight is 548 g/mol. The Labute approximate surface area is 233 Å². The highest BCUT2D eigenvalue weighted by molar-refractivity contribution is 6.35. The van der Waals surface area contributed by atoms with Gasteiger partial charge in [0, 0.05) is 22.7 Å². The number of nitrogens with zero attached hydrogens (tertiary/aromatic N) is 3. The average Bonchev–Trinajstić information content (AvgIpc) is 2.98. The van der Waals surface area contributed by atoms with Crippen molar-refractivity contribution in [1.82, 2.24) is 19.9 Å². The van der Waals surface area contributed by atoms with Crippen molar-refractivity contribution < 1.29 is 9.53 Å². The number of hydrogen-bond donors (Lipinski definition) is 2. The van der Waals surface area contributed by atoms with Crippen LogP contribution in [0.2, 0.25) is 5.02 Å². The fourth-order valence-corrected chi connectivity index (χ4v) is 4.79. The highest BCUT2D eigenvalue weighted by Crippen LogP contribution is 2.34. The third-order valence-electron chi connectivity index (χ3n) is 6.46. The Morgan fingerprint density at radius 3 is 2.48 bits per heavy atom. The second-order valence-corrected chi connectivity index (χ2v) is 9.55. The van der Waals surface area contributed by atoms with Crippen molar-refractivity contribution in [3.63, 3.8) is 0 Å². The lowest BCUT2D eigenvalue weighted by Crippen LogP contribution is -2.21. The molecule has 0 aliphatic rings. The number of H-pyrrole nitrogens is 1. The summed E-state index contributed by atoms with van der Waals surface area (Å²) in [6.07, 6.45) is 1.79. The number of nitrogens with one attached hydrogen (secondary N) is 2. The zero-order valence-electron chi connectivity index (χ0n) is 21.3. The molecule has 9 heteroatoms. The first-order valence-electron chi connectivity index (χ1n) is 12.5. The molecule has 0 fully saturated rings. The second kappa shape index (κ2) is 10.6. The van der Waals surface area contributed by atoms with Crippen LogP contribution in [0.25, 0.3) is 44.6 Å². The van der Waals surface area contributed by atoms with Crippen molar-refractivity contribution >= 4 is 45.3 Å². The summed E-state index contributed by atoms with van der Waals surface area (Å²) in [5, 5.41) is 4.06. The predicted octanol–water partition coefficient (Wildman–Crippen LogP) is 6.04. The Hall–Kier alpha value is -5.08. The molecule has 0 unspecified atom stereocenters. The Morgan fingerprint density at radius 2 is 1.70 bits per heavy atom. The number of halogens is 1. The Morgan fingerprint density at radius 1 is 0.925 bits per heavy atom. The van der Waals surface area contributed by atoms with E-state index in [1.54, 1.807) is 37.6 Å². The van der Waals surface area contributed by atoms with Crippen molar-refractivity contribution in [3.8, 4) is 28.3 Å². The molecule has 0 atom stereocenters. The normalized spacial score (nSPS) is 11.1. The van der Waals surface area contributed by atoms with Gasteiger partial charge in [0.1, 0.15) is 17.0 Å². The standard InChI is InChI=1S/C31H22ClN5O3/c1-40-22-11-9-18(10-12-22)14-26(38)34-25-17-24-30(37-31(25)39)36-28(19-6-3-2-4-7-19)29(35-24)21-15-20-8-5-13-33-27(20)23(32)16-21/h2-13,15-17H,14H2,1H3,(H,34,38)(H,36,37,39). The SMILES string of the molecule is COc1ccc(CC(=O)Nc2cc3nc(-c4cc(Cl)c5ncccc5c4)c(-c4ccccc4)nc3[nH]c2=O)cc1. The molecule has 1 amide bonds. The summed E-state index contributed by atoms with van der Waals surface area (Å²) in [7, 11) is 1.58. The van der Waals surface area contributed by atoms with Crippen molar-refractivity contribution in [2.24, 2.45) is 0 Å². The maximum atomic E-state index is 12.9. The summed E-state index contributed by atoms with van der Waals surface area (Å²) in [5.41, 5.74) is 4.53. The molecule has 3 aromatic heterocycles. The van der Waals surface area contributed by atoms with Crippen LogP contribution in [0.5, 0.6) is 5.75 Å². The Kier molecular flexibility index (Phi) is 6.67. The molecule has 8 nitrogen and oxygen atoms in total. The van der Waals surface area contributed by atoms with Crippen LogP contribution in [0, 0.1) is 0 Å². The van der Waals surface area contributed by atoms with Gasteiger partial charge in [0.15, 0.2) is 5.65 Å². The maximum Gasteiger partial charge on any atom is 0.273 e. The third-order valence-corrected chi connectivity index (χ3v) is 6.75. The van der Waals surface area contributed by atoms with Crippen LogP contribution in [0.4, 0.5) is 5.69 Å². The summed E-state index contributed by atoms with van der Waals surface area (Å²) < 4.78 is 5.16. The van der Waals surface area contributed by atoms with Crippen molar-refractivity contribution in [2.45, 2.75) is 6.42 Å². The highest BCUT2D eigenvalue weighted by Gasteiger charge is 2.17. The van der Waals surface area contributed by atoms with Gasteiger partial charge in [-0.3, -0.25) is 14.6 Å². The highest BCUT2D eigenvalue weighted by atomic mass is 35.5. The molecular weight excluding hydrogens is 526 g/mol. The number of anilines is 1. The molecule has 3 aromatic carbocycles. The molecule has 3 heterocycles. The molecule has 0 saturated carbocycles. The maximum absolute atomic E-state index is 12.9.